The van der Waals surface area contributed by atoms with Crippen molar-refractivity contribution in [2.24, 2.45) is 5.92 Å². The monoisotopic (exact) mass is 428 g/mol. The molecule has 32 heavy (non-hydrogen) atoms. The van der Waals surface area contributed by atoms with Crippen LogP contribution in [0.3, 0.4) is 0 Å². The number of benzene rings is 3. The normalized spacial score (nSPS) is 15.3. The first kappa shape index (κ1) is 20.3. The van der Waals surface area contributed by atoms with Gasteiger partial charge in [0.1, 0.15) is 12.4 Å². The van der Waals surface area contributed by atoms with Crippen molar-refractivity contribution in [2.45, 2.75) is 31.8 Å². The fraction of sp³-hybridized carbons (Fsp3) is 0.222. The van der Waals surface area contributed by atoms with Crippen molar-refractivity contribution in [3.8, 4) is 0 Å². The molecule has 0 bridgehead atoms. The molecule has 1 aliphatic carbocycles. The molecule has 1 fully saturated rings. The maximum Gasteiger partial charge on any atom is 0.412 e. The topological polar surface area (TPSA) is 54.1 Å². The van der Waals surface area contributed by atoms with Crippen molar-refractivity contribution in [1.29, 1.82) is 0 Å². The Morgan fingerprint density at radius 1 is 1.06 bits per heavy atom. The maximum atomic E-state index is 13.6. The number of anilines is 1. The Balaban J connectivity index is 1.43. The molecule has 1 aliphatic rings. The second kappa shape index (κ2) is 8.15. The molecule has 1 aromatic heterocycles. The van der Waals surface area contributed by atoms with Gasteiger partial charge in [0.15, 0.2) is 0 Å². The highest BCUT2D eigenvalue weighted by atomic mass is 19.1. The van der Waals surface area contributed by atoms with Crippen LogP contribution in [0.25, 0.3) is 10.9 Å². The van der Waals surface area contributed by atoms with Crippen LogP contribution in [-0.4, -0.2) is 11.1 Å². The van der Waals surface area contributed by atoms with E-state index in [-0.39, 0.29) is 17.8 Å². The van der Waals surface area contributed by atoms with Gasteiger partial charge in [-0.05, 0) is 53.6 Å². The molecule has 162 valence electrons. The van der Waals surface area contributed by atoms with E-state index in [4.69, 9.17) is 4.74 Å². The first-order valence-electron chi connectivity index (χ1n) is 10.9. The number of nitrogens with one attached hydrogen (secondary N) is 2. The van der Waals surface area contributed by atoms with Crippen molar-refractivity contribution in [3.63, 3.8) is 0 Å². The number of carbonyl (C=O) groups is 1. The van der Waals surface area contributed by atoms with E-state index in [2.05, 4.69) is 23.3 Å². The van der Waals surface area contributed by atoms with E-state index in [1.165, 1.54) is 12.1 Å². The van der Waals surface area contributed by atoms with Crippen molar-refractivity contribution in [2.75, 3.05) is 5.32 Å². The summed E-state index contributed by atoms with van der Waals surface area (Å²) in [5.74, 6) is 0.269. The quantitative estimate of drug-likeness (QED) is 0.356. The third-order valence-electron chi connectivity index (χ3n) is 6.56. The first-order chi connectivity index (χ1) is 15.6. The molecule has 4 nitrogen and oxygen atoms in total. The molecule has 2 N–H and O–H groups in total. The minimum atomic E-state index is -0.499. The van der Waals surface area contributed by atoms with E-state index < -0.39 is 6.09 Å². The minimum absolute atomic E-state index is 0.211. The Kier molecular flexibility index (Phi) is 5.17. The van der Waals surface area contributed by atoms with E-state index in [1.807, 2.05) is 60.8 Å². The first-order valence-corrected chi connectivity index (χ1v) is 10.9. The largest absolute Gasteiger partial charge is 0.444 e. The number of H-pyrrole nitrogens is 1. The Bertz CT molecular complexity index is 1250. The number of para-hydroxylation sites is 1. The lowest BCUT2D eigenvalue weighted by atomic mass is 9.72. The highest BCUT2D eigenvalue weighted by molar-refractivity contribution is 6.00. The third-order valence-corrected chi connectivity index (χ3v) is 6.56. The van der Waals surface area contributed by atoms with Gasteiger partial charge in [-0.3, -0.25) is 5.32 Å². The van der Waals surface area contributed by atoms with Crippen molar-refractivity contribution < 1.29 is 13.9 Å². The van der Waals surface area contributed by atoms with Crippen molar-refractivity contribution in [1.82, 2.24) is 4.98 Å². The predicted molar refractivity (Wildman–Crippen MR) is 124 cm³/mol. The summed E-state index contributed by atoms with van der Waals surface area (Å²) >= 11 is 0. The van der Waals surface area contributed by atoms with Crippen LogP contribution in [0.1, 0.15) is 36.5 Å². The number of halogens is 1. The molecule has 0 saturated heterocycles. The van der Waals surface area contributed by atoms with Crippen LogP contribution in [-0.2, 0) is 16.8 Å². The van der Waals surface area contributed by atoms with Crippen LogP contribution in [0.15, 0.2) is 79.0 Å². The third kappa shape index (κ3) is 3.75. The van der Waals surface area contributed by atoms with Crippen LogP contribution in [0, 0.1) is 11.7 Å². The van der Waals surface area contributed by atoms with Crippen molar-refractivity contribution >= 4 is 22.7 Å². The van der Waals surface area contributed by atoms with Crippen LogP contribution >= 0.6 is 0 Å². The van der Waals surface area contributed by atoms with Gasteiger partial charge in [0, 0.05) is 17.0 Å². The molecule has 3 aromatic carbocycles. The fourth-order valence-electron chi connectivity index (χ4n) is 4.63. The summed E-state index contributed by atoms with van der Waals surface area (Å²) in [5.41, 5.74) is 4.48. The predicted octanol–water partition coefficient (Wildman–Crippen LogP) is 6.77. The highest BCUT2D eigenvalue weighted by Gasteiger charge is 2.45. The summed E-state index contributed by atoms with van der Waals surface area (Å²) in [6.07, 6.45) is 3.81. The van der Waals surface area contributed by atoms with E-state index in [0.29, 0.717) is 11.6 Å². The van der Waals surface area contributed by atoms with Gasteiger partial charge in [-0.1, -0.05) is 61.5 Å². The molecule has 5 heteroatoms. The fourth-order valence-corrected chi connectivity index (χ4v) is 4.63. The molecule has 5 rings (SSSR count). The lowest BCUT2D eigenvalue weighted by molar-refractivity contribution is 0.155. The number of hydrogen-bond donors (Lipinski definition) is 2. The molecule has 4 aromatic rings. The van der Waals surface area contributed by atoms with Gasteiger partial charge in [-0.25, -0.2) is 9.18 Å². The van der Waals surface area contributed by atoms with Crippen LogP contribution in [0.5, 0.6) is 0 Å². The van der Waals surface area contributed by atoms with Crippen LogP contribution < -0.4 is 5.32 Å². The number of rotatable bonds is 6. The Hall–Kier alpha value is -3.60. The summed E-state index contributed by atoms with van der Waals surface area (Å²) in [5, 5.41) is 3.92. The lowest BCUT2D eigenvalue weighted by Gasteiger charge is -2.30. The number of aromatic amines is 1. The number of aromatic nitrogens is 1. The Morgan fingerprint density at radius 2 is 1.81 bits per heavy atom. The molecule has 1 saturated carbocycles. The number of fused-ring (bicyclic) bond motifs is 1. The molecule has 0 radical (unpaired) electrons. The molecular formula is C27H25FN2O2. The Labute approximate surface area is 186 Å². The number of hydrogen-bond acceptors (Lipinski definition) is 2. The van der Waals surface area contributed by atoms with Gasteiger partial charge in [0.2, 0.25) is 0 Å². The van der Waals surface area contributed by atoms with Crippen molar-refractivity contribution in [3.05, 3.63) is 102 Å². The van der Waals surface area contributed by atoms with Crippen LogP contribution in [0.2, 0.25) is 0 Å². The average Bonchev–Trinajstić information content (AvgIpc) is 3.58. The van der Waals surface area contributed by atoms with E-state index in [0.717, 1.165) is 40.4 Å². The molecule has 1 heterocycles. The number of carbonyl (C=O) groups excluding carboxylic acids is 1. The van der Waals surface area contributed by atoms with Crippen LogP contribution in [0.4, 0.5) is 14.9 Å². The van der Waals surface area contributed by atoms with Gasteiger partial charge in [0.25, 0.3) is 0 Å². The van der Waals surface area contributed by atoms with E-state index in [9.17, 15) is 9.18 Å². The molecule has 0 aliphatic heterocycles. The number of ether oxygens (including phenoxy) is 1. The van der Waals surface area contributed by atoms with E-state index >= 15 is 0 Å². The summed E-state index contributed by atoms with van der Waals surface area (Å²) in [6, 6.07) is 22.3. The van der Waals surface area contributed by atoms with Gasteiger partial charge < -0.3 is 9.72 Å². The highest BCUT2D eigenvalue weighted by Crippen LogP contribution is 2.53. The smallest absolute Gasteiger partial charge is 0.412 e. The summed E-state index contributed by atoms with van der Waals surface area (Å²) < 4.78 is 19.0. The van der Waals surface area contributed by atoms with Gasteiger partial charge >= 0.3 is 6.09 Å². The molecule has 1 atom stereocenters. The lowest BCUT2D eigenvalue weighted by Crippen LogP contribution is -2.26. The maximum absolute atomic E-state index is 13.6. The Morgan fingerprint density at radius 3 is 2.53 bits per heavy atom. The summed E-state index contributed by atoms with van der Waals surface area (Å²) in [7, 11) is 0. The van der Waals surface area contributed by atoms with E-state index in [1.54, 1.807) is 0 Å². The zero-order chi connectivity index (χ0) is 22.1. The SMILES string of the molecule is C[C@](c1ccc(F)cc1)(c1c[nH]c2c(NC(=O)OCc3ccccc3)cccc12)C1CC1. The zero-order valence-corrected chi connectivity index (χ0v) is 17.9. The molecule has 0 unspecified atom stereocenters. The minimum Gasteiger partial charge on any atom is -0.444 e. The van der Waals surface area contributed by atoms with Gasteiger partial charge in [-0.15, -0.1) is 0 Å². The molecule has 0 spiro atoms. The second-order valence-corrected chi connectivity index (χ2v) is 8.60. The van der Waals surface area contributed by atoms with Gasteiger partial charge in [-0.2, -0.15) is 0 Å². The summed E-state index contributed by atoms with van der Waals surface area (Å²) in [4.78, 5) is 15.8. The second-order valence-electron chi connectivity index (χ2n) is 8.60. The average molecular weight is 429 g/mol. The number of amides is 1. The zero-order valence-electron chi connectivity index (χ0n) is 17.9. The summed E-state index contributed by atoms with van der Waals surface area (Å²) in [6.45, 7) is 2.44. The van der Waals surface area contributed by atoms with Gasteiger partial charge in [0.05, 0.1) is 11.2 Å². The standard InChI is InChI=1S/C27H25FN2O2/c1-27(19-10-11-19,20-12-14-21(28)15-13-20)23-16-29-25-22(23)8-5-9-24(25)30-26(31)32-17-18-6-3-2-4-7-18/h2-9,12-16,19,29H,10-11,17H2,1H3,(H,30,31)/t27-/m0/s1. The molecule has 1 amide bonds. The molecular weight excluding hydrogens is 403 g/mol.